The highest BCUT2D eigenvalue weighted by atomic mass is 35.5. The van der Waals surface area contributed by atoms with Crippen LogP contribution in [0.3, 0.4) is 0 Å². The minimum absolute atomic E-state index is 0.230. The Morgan fingerprint density at radius 2 is 1.81 bits per heavy atom. The van der Waals surface area contributed by atoms with Gasteiger partial charge in [0.25, 0.3) is 5.91 Å². The van der Waals surface area contributed by atoms with Gasteiger partial charge in [-0.15, -0.1) is 0 Å². The third-order valence-corrected chi connectivity index (χ3v) is 6.37. The van der Waals surface area contributed by atoms with Gasteiger partial charge in [0.15, 0.2) is 5.76 Å². The van der Waals surface area contributed by atoms with Gasteiger partial charge in [0.1, 0.15) is 5.76 Å². The molecule has 1 aromatic heterocycles. The second kappa shape index (κ2) is 9.35. The first-order valence-corrected chi connectivity index (χ1v) is 11.2. The number of hydrogen-bond donors (Lipinski definition) is 1. The summed E-state index contributed by atoms with van der Waals surface area (Å²) in [7, 11) is 0. The number of furan rings is 1. The smallest absolute Gasteiger partial charge is 0.291 e. The number of likely N-dealkylation sites (N-methyl/N-ethyl adjacent to an activating group) is 1. The molecule has 2 aromatic carbocycles. The molecule has 1 fully saturated rings. The van der Waals surface area contributed by atoms with E-state index in [1.165, 1.54) is 0 Å². The van der Waals surface area contributed by atoms with Crippen molar-refractivity contribution < 1.29 is 9.21 Å². The SMILES string of the molecule is CCN1CCN(c2c(Cl)cccc2NC(=O)c2ccc(-c3ccc(C)c(Cl)c3)o2)CC1. The summed E-state index contributed by atoms with van der Waals surface area (Å²) in [6.07, 6.45) is 0. The summed E-state index contributed by atoms with van der Waals surface area (Å²) < 4.78 is 5.82. The zero-order valence-corrected chi connectivity index (χ0v) is 19.1. The lowest BCUT2D eigenvalue weighted by atomic mass is 10.1. The Kier molecular flexibility index (Phi) is 6.56. The molecule has 1 aliphatic rings. The summed E-state index contributed by atoms with van der Waals surface area (Å²) in [5.74, 6) is 0.502. The van der Waals surface area contributed by atoms with Crippen LogP contribution in [0.2, 0.25) is 10.0 Å². The van der Waals surface area contributed by atoms with Crippen molar-refractivity contribution in [2.45, 2.75) is 13.8 Å². The van der Waals surface area contributed by atoms with E-state index >= 15 is 0 Å². The van der Waals surface area contributed by atoms with Crippen molar-refractivity contribution >= 4 is 40.5 Å². The highest BCUT2D eigenvalue weighted by molar-refractivity contribution is 6.34. The number of amides is 1. The predicted molar refractivity (Wildman–Crippen MR) is 128 cm³/mol. The van der Waals surface area contributed by atoms with Crippen molar-refractivity contribution in [2.24, 2.45) is 0 Å². The summed E-state index contributed by atoms with van der Waals surface area (Å²) >= 11 is 12.8. The minimum atomic E-state index is -0.319. The first-order valence-electron chi connectivity index (χ1n) is 10.4. The molecule has 31 heavy (non-hydrogen) atoms. The Morgan fingerprint density at radius 1 is 1.03 bits per heavy atom. The van der Waals surface area contributed by atoms with Gasteiger partial charge < -0.3 is 19.5 Å². The van der Waals surface area contributed by atoms with E-state index < -0.39 is 0 Å². The lowest BCUT2D eigenvalue weighted by Crippen LogP contribution is -2.46. The Balaban J connectivity index is 1.54. The van der Waals surface area contributed by atoms with Gasteiger partial charge >= 0.3 is 0 Å². The van der Waals surface area contributed by atoms with Gasteiger partial charge in [-0.05, 0) is 49.4 Å². The number of benzene rings is 2. The Hall–Kier alpha value is -2.47. The fraction of sp³-hybridized carbons (Fsp3) is 0.292. The number of carbonyl (C=O) groups is 1. The van der Waals surface area contributed by atoms with Crippen molar-refractivity contribution in [1.82, 2.24) is 4.90 Å². The van der Waals surface area contributed by atoms with Crippen LogP contribution in [0.1, 0.15) is 23.0 Å². The van der Waals surface area contributed by atoms with Gasteiger partial charge in [0.2, 0.25) is 0 Å². The molecule has 2 heterocycles. The van der Waals surface area contributed by atoms with Crippen molar-refractivity contribution in [1.29, 1.82) is 0 Å². The molecule has 3 aromatic rings. The molecular formula is C24H25Cl2N3O2. The minimum Gasteiger partial charge on any atom is -0.451 e. The molecule has 162 valence electrons. The van der Waals surface area contributed by atoms with Crippen LogP contribution in [-0.2, 0) is 0 Å². The lowest BCUT2D eigenvalue weighted by molar-refractivity contribution is 0.0997. The van der Waals surface area contributed by atoms with E-state index in [2.05, 4.69) is 22.0 Å². The van der Waals surface area contributed by atoms with Crippen molar-refractivity contribution in [3.05, 3.63) is 69.9 Å². The maximum absolute atomic E-state index is 12.9. The van der Waals surface area contributed by atoms with Gasteiger partial charge in [-0.1, -0.05) is 48.3 Å². The normalized spacial score (nSPS) is 14.6. The molecule has 0 unspecified atom stereocenters. The first-order chi connectivity index (χ1) is 15.0. The molecule has 1 saturated heterocycles. The second-order valence-corrected chi connectivity index (χ2v) is 8.45. The molecular weight excluding hydrogens is 433 g/mol. The molecule has 0 radical (unpaired) electrons. The number of anilines is 2. The van der Waals surface area contributed by atoms with E-state index in [-0.39, 0.29) is 11.7 Å². The quantitative estimate of drug-likeness (QED) is 0.513. The van der Waals surface area contributed by atoms with E-state index in [9.17, 15) is 4.79 Å². The maximum Gasteiger partial charge on any atom is 0.291 e. The standard InChI is InChI=1S/C24H25Cl2N3O2/c1-3-28-11-13-29(14-12-28)23-18(25)5-4-6-20(23)27-24(30)22-10-9-21(31-22)17-8-7-16(2)19(26)15-17/h4-10,15H,3,11-14H2,1-2H3,(H,27,30). The van der Waals surface area contributed by atoms with Gasteiger partial charge in [-0.25, -0.2) is 0 Å². The number of carbonyl (C=O) groups excluding carboxylic acids is 1. The van der Waals surface area contributed by atoms with Gasteiger partial charge in [-0.2, -0.15) is 0 Å². The van der Waals surface area contributed by atoms with Crippen LogP contribution in [0.5, 0.6) is 0 Å². The van der Waals surface area contributed by atoms with Crippen molar-refractivity contribution in [2.75, 3.05) is 42.9 Å². The zero-order valence-electron chi connectivity index (χ0n) is 17.6. The van der Waals surface area contributed by atoms with Crippen LogP contribution in [0.15, 0.2) is 52.9 Å². The van der Waals surface area contributed by atoms with Crippen molar-refractivity contribution in [3.8, 4) is 11.3 Å². The first kappa shape index (κ1) is 21.8. The third-order valence-electron chi connectivity index (χ3n) is 5.66. The Bertz CT molecular complexity index is 1090. The van der Waals surface area contributed by atoms with Crippen LogP contribution in [-0.4, -0.2) is 43.5 Å². The van der Waals surface area contributed by atoms with Crippen LogP contribution < -0.4 is 10.2 Å². The van der Waals surface area contributed by atoms with E-state index in [1.54, 1.807) is 12.1 Å². The highest BCUT2D eigenvalue weighted by Gasteiger charge is 2.22. The van der Waals surface area contributed by atoms with Crippen LogP contribution in [0, 0.1) is 6.92 Å². The summed E-state index contributed by atoms with van der Waals surface area (Å²) in [6.45, 7) is 8.80. The van der Waals surface area contributed by atoms with E-state index in [0.29, 0.717) is 21.5 Å². The molecule has 0 bridgehead atoms. The summed E-state index contributed by atoms with van der Waals surface area (Å²) in [5, 5.41) is 4.26. The topological polar surface area (TPSA) is 48.7 Å². The van der Waals surface area contributed by atoms with Crippen molar-refractivity contribution in [3.63, 3.8) is 0 Å². The number of piperazine rings is 1. The molecule has 1 aliphatic heterocycles. The van der Waals surface area contributed by atoms with Crippen LogP contribution in [0.4, 0.5) is 11.4 Å². The van der Waals surface area contributed by atoms with E-state index in [1.807, 2.05) is 43.3 Å². The monoisotopic (exact) mass is 457 g/mol. The number of halogens is 2. The Morgan fingerprint density at radius 3 is 2.52 bits per heavy atom. The molecule has 0 saturated carbocycles. The van der Waals surface area contributed by atoms with Crippen LogP contribution >= 0.6 is 23.2 Å². The largest absolute Gasteiger partial charge is 0.451 e. The molecule has 7 heteroatoms. The zero-order chi connectivity index (χ0) is 22.0. The molecule has 4 rings (SSSR count). The fourth-order valence-electron chi connectivity index (χ4n) is 3.77. The number of nitrogens with zero attached hydrogens (tertiary/aromatic N) is 2. The fourth-order valence-corrected chi connectivity index (χ4v) is 4.25. The van der Waals surface area contributed by atoms with E-state index in [4.69, 9.17) is 27.6 Å². The lowest BCUT2D eigenvalue weighted by Gasteiger charge is -2.36. The number of aryl methyl sites for hydroxylation is 1. The average Bonchev–Trinajstić information content (AvgIpc) is 3.26. The number of hydrogen-bond acceptors (Lipinski definition) is 4. The second-order valence-electron chi connectivity index (χ2n) is 7.64. The summed E-state index contributed by atoms with van der Waals surface area (Å²) in [4.78, 5) is 17.5. The maximum atomic E-state index is 12.9. The van der Waals surface area contributed by atoms with Gasteiger partial charge in [0.05, 0.1) is 16.4 Å². The Labute approximate surface area is 192 Å². The number of nitrogens with one attached hydrogen (secondary N) is 1. The predicted octanol–water partition coefficient (Wildman–Crippen LogP) is 5.96. The summed E-state index contributed by atoms with van der Waals surface area (Å²) in [6, 6.07) is 14.7. The molecule has 1 amide bonds. The molecule has 5 nitrogen and oxygen atoms in total. The summed E-state index contributed by atoms with van der Waals surface area (Å²) in [5.41, 5.74) is 3.35. The molecule has 0 spiro atoms. The highest BCUT2D eigenvalue weighted by Crippen LogP contribution is 2.35. The average molecular weight is 458 g/mol. The third kappa shape index (κ3) is 4.74. The molecule has 1 N–H and O–H groups in total. The van der Waals surface area contributed by atoms with E-state index in [0.717, 1.165) is 49.5 Å². The van der Waals surface area contributed by atoms with Gasteiger partial charge in [-0.3, -0.25) is 4.79 Å². The number of para-hydroxylation sites is 1. The van der Waals surface area contributed by atoms with Crippen LogP contribution in [0.25, 0.3) is 11.3 Å². The number of rotatable bonds is 5. The molecule has 0 aliphatic carbocycles. The van der Waals surface area contributed by atoms with Gasteiger partial charge in [0, 0.05) is 36.8 Å². The molecule has 0 atom stereocenters.